The first-order chi connectivity index (χ1) is 15.2. The molecule has 166 valence electrons. The Morgan fingerprint density at radius 1 is 1.09 bits per heavy atom. The molecule has 0 saturated carbocycles. The van der Waals surface area contributed by atoms with Gasteiger partial charge in [0.2, 0.25) is 5.91 Å². The maximum Gasteiger partial charge on any atom is 0.416 e. The van der Waals surface area contributed by atoms with E-state index in [1.165, 1.54) is 21.9 Å². The van der Waals surface area contributed by atoms with Gasteiger partial charge in [0.1, 0.15) is 12.1 Å². The molecule has 0 bridgehead atoms. The monoisotopic (exact) mass is 442 g/mol. The number of nitriles is 1. The Balaban J connectivity index is 1.56. The van der Waals surface area contributed by atoms with Crippen molar-refractivity contribution in [3.05, 3.63) is 70.8 Å². The summed E-state index contributed by atoms with van der Waals surface area (Å²) in [5.74, 6) is -0.453. The van der Waals surface area contributed by atoms with Crippen LogP contribution in [0.15, 0.2) is 48.5 Å². The molecule has 9 heteroatoms. The van der Waals surface area contributed by atoms with Gasteiger partial charge in [-0.1, -0.05) is 24.3 Å². The van der Waals surface area contributed by atoms with Crippen molar-refractivity contribution in [3.63, 3.8) is 0 Å². The number of piperazine rings is 1. The predicted octanol–water partition coefficient (Wildman–Crippen LogP) is 2.85. The zero-order chi connectivity index (χ0) is 23.1. The van der Waals surface area contributed by atoms with E-state index in [0.717, 1.165) is 17.7 Å². The molecule has 2 aliphatic heterocycles. The van der Waals surface area contributed by atoms with Gasteiger partial charge in [0.25, 0.3) is 5.91 Å². The first-order valence-electron chi connectivity index (χ1n) is 10.1. The molecule has 32 heavy (non-hydrogen) atoms. The van der Waals surface area contributed by atoms with E-state index < -0.39 is 17.3 Å². The minimum Gasteiger partial charge on any atom is -0.324 e. The smallest absolute Gasteiger partial charge is 0.324 e. The molecule has 2 saturated heterocycles. The van der Waals surface area contributed by atoms with Gasteiger partial charge in [-0.3, -0.25) is 9.59 Å². The average Bonchev–Trinajstić information content (AvgIpc) is 2.74. The van der Waals surface area contributed by atoms with Gasteiger partial charge in [-0.15, -0.1) is 0 Å². The first kappa shape index (κ1) is 21.8. The lowest BCUT2D eigenvalue weighted by Gasteiger charge is -2.55. The van der Waals surface area contributed by atoms with Crippen LogP contribution in [-0.2, 0) is 22.3 Å². The summed E-state index contributed by atoms with van der Waals surface area (Å²) < 4.78 is 38.5. The van der Waals surface area contributed by atoms with Gasteiger partial charge >= 0.3 is 6.18 Å². The predicted molar refractivity (Wildman–Crippen MR) is 109 cm³/mol. The van der Waals surface area contributed by atoms with E-state index in [-0.39, 0.29) is 44.0 Å². The Kier molecular flexibility index (Phi) is 5.42. The third-order valence-corrected chi connectivity index (χ3v) is 6.23. The number of halogens is 3. The van der Waals surface area contributed by atoms with Crippen LogP contribution < -0.4 is 5.32 Å². The standard InChI is InChI=1S/C23H21F3N4O2/c1-15(18-6-2-16(10-27)3-7-18)29-12-20(31)30(22(21(29)32)13-28-14-22)11-17-4-8-19(9-5-17)23(24,25)26/h2-9,15,28H,11-14H2,1H3. The highest BCUT2D eigenvalue weighted by atomic mass is 19.4. The van der Waals surface area contributed by atoms with E-state index in [9.17, 15) is 22.8 Å². The Hall–Kier alpha value is -3.38. The number of amides is 2. The van der Waals surface area contributed by atoms with Crippen LogP contribution in [0.2, 0.25) is 0 Å². The van der Waals surface area contributed by atoms with Crippen molar-refractivity contribution in [3.8, 4) is 6.07 Å². The molecular formula is C23H21F3N4O2. The topological polar surface area (TPSA) is 76.4 Å². The van der Waals surface area contributed by atoms with E-state index in [4.69, 9.17) is 5.26 Å². The van der Waals surface area contributed by atoms with Crippen LogP contribution in [0, 0.1) is 11.3 Å². The minimum atomic E-state index is -4.43. The van der Waals surface area contributed by atoms with Crippen molar-refractivity contribution in [2.75, 3.05) is 19.6 Å². The van der Waals surface area contributed by atoms with E-state index in [1.807, 2.05) is 13.0 Å². The Bertz CT molecular complexity index is 1070. The van der Waals surface area contributed by atoms with E-state index in [0.29, 0.717) is 11.1 Å². The van der Waals surface area contributed by atoms with Gasteiger partial charge in [-0.05, 0) is 42.3 Å². The molecule has 4 rings (SSSR count). The quantitative estimate of drug-likeness (QED) is 0.790. The fourth-order valence-electron chi connectivity index (χ4n) is 4.18. The molecule has 0 radical (unpaired) electrons. The van der Waals surface area contributed by atoms with E-state index >= 15 is 0 Å². The number of hydrogen-bond donors (Lipinski definition) is 1. The van der Waals surface area contributed by atoms with Crippen molar-refractivity contribution in [1.82, 2.24) is 15.1 Å². The zero-order valence-electron chi connectivity index (χ0n) is 17.3. The molecule has 2 aliphatic rings. The summed E-state index contributed by atoms with van der Waals surface area (Å²) in [6, 6.07) is 13.2. The number of rotatable bonds is 4. The average molecular weight is 442 g/mol. The van der Waals surface area contributed by atoms with Gasteiger partial charge in [-0.25, -0.2) is 0 Å². The van der Waals surface area contributed by atoms with Crippen molar-refractivity contribution in [2.45, 2.75) is 31.2 Å². The molecule has 2 aromatic carbocycles. The van der Waals surface area contributed by atoms with Gasteiger partial charge in [0, 0.05) is 19.6 Å². The molecule has 1 spiro atoms. The molecule has 2 fully saturated rings. The summed E-state index contributed by atoms with van der Waals surface area (Å²) in [7, 11) is 0. The maximum atomic E-state index is 13.5. The molecule has 1 N–H and O–H groups in total. The van der Waals surface area contributed by atoms with Crippen molar-refractivity contribution < 1.29 is 22.8 Å². The lowest BCUT2D eigenvalue weighted by molar-refractivity contribution is -0.172. The molecule has 2 aromatic rings. The largest absolute Gasteiger partial charge is 0.416 e. The second kappa shape index (κ2) is 7.95. The van der Waals surface area contributed by atoms with Crippen LogP contribution >= 0.6 is 0 Å². The number of carbonyl (C=O) groups is 2. The lowest BCUT2D eigenvalue weighted by atomic mass is 9.84. The fourth-order valence-corrected chi connectivity index (χ4v) is 4.18. The molecule has 6 nitrogen and oxygen atoms in total. The van der Waals surface area contributed by atoms with Crippen LogP contribution in [0.4, 0.5) is 13.2 Å². The molecule has 1 atom stereocenters. The van der Waals surface area contributed by atoms with Crippen LogP contribution in [0.25, 0.3) is 0 Å². The Morgan fingerprint density at radius 3 is 2.22 bits per heavy atom. The summed E-state index contributed by atoms with van der Waals surface area (Å²) in [4.78, 5) is 29.6. The SMILES string of the molecule is CC(c1ccc(C#N)cc1)N1CC(=O)N(Cc2ccc(C(F)(F)F)cc2)C2(CNC2)C1=O. The van der Waals surface area contributed by atoms with Crippen LogP contribution in [0.1, 0.15) is 35.2 Å². The summed E-state index contributed by atoms with van der Waals surface area (Å²) in [5.41, 5.74) is 0.0238. The Morgan fingerprint density at radius 2 is 1.72 bits per heavy atom. The normalized spacial score (nSPS) is 19.0. The first-order valence-corrected chi connectivity index (χ1v) is 10.1. The summed E-state index contributed by atoms with van der Waals surface area (Å²) in [6.07, 6.45) is -4.43. The van der Waals surface area contributed by atoms with Gasteiger partial charge < -0.3 is 15.1 Å². The van der Waals surface area contributed by atoms with Crippen LogP contribution in [0.3, 0.4) is 0 Å². The third kappa shape index (κ3) is 3.71. The second-order valence-electron chi connectivity index (χ2n) is 8.15. The highest BCUT2D eigenvalue weighted by Crippen LogP contribution is 2.35. The zero-order valence-corrected chi connectivity index (χ0v) is 17.3. The third-order valence-electron chi connectivity index (χ3n) is 6.23. The number of hydrogen-bond acceptors (Lipinski definition) is 4. The number of nitrogens with zero attached hydrogens (tertiary/aromatic N) is 3. The highest BCUT2D eigenvalue weighted by molar-refractivity contribution is 5.99. The maximum absolute atomic E-state index is 13.5. The fraction of sp³-hybridized carbons (Fsp3) is 0.348. The van der Waals surface area contributed by atoms with Crippen molar-refractivity contribution >= 4 is 11.8 Å². The number of alkyl halides is 3. The molecule has 1 unspecified atom stereocenters. The minimum absolute atomic E-state index is 0.0590. The Labute approximate surface area is 183 Å². The lowest BCUT2D eigenvalue weighted by Crippen LogP contribution is -2.79. The summed E-state index contributed by atoms with van der Waals surface area (Å²) >= 11 is 0. The van der Waals surface area contributed by atoms with Crippen LogP contribution in [0.5, 0.6) is 0 Å². The number of benzene rings is 2. The van der Waals surface area contributed by atoms with Crippen molar-refractivity contribution in [2.24, 2.45) is 0 Å². The van der Waals surface area contributed by atoms with Gasteiger partial charge in [0.05, 0.1) is 23.2 Å². The highest BCUT2D eigenvalue weighted by Gasteiger charge is 2.57. The molecule has 0 aliphatic carbocycles. The number of nitrogens with one attached hydrogen (secondary N) is 1. The summed E-state index contributed by atoms with van der Waals surface area (Å²) in [5, 5.41) is 12.0. The van der Waals surface area contributed by atoms with Crippen LogP contribution in [-0.4, -0.2) is 46.8 Å². The van der Waals surface area contributed by atoms with E-state index in [1.54, 1.807) is 24.3 Å². The van der Waals surface area contributed by atoms with Gasteiger partial charge in [-0.2, -0.15) is 18.4 Å². The molecule has 2 heterocycles. The van der Waals surface area contributed by atoms with Crippen molar-refractivity contribution in [1.29, 1.82) is 5.26 Å². The number of carbonyl (C=O) groups excluding carboxylic acids is 2. The molecule has 2 amide bonds. The second-order valence-corrected chi connectivity index (χ2v) is 8.15. The van der Waals surface area contributed by atoms with Gasteiger partial charge in [0.15, 0.2) is 0 Å². The molecule has 0 aromatic heterocycles. The molecular weight excluding hydrogens is 421 g/mol. The van der Waals surface area contributed by atoms with E-state index in [2.05, 4.69) is 5.32 Å². The summed E-state index contributed by atoms with van der Waals surface area (Å²) in [6.45, 7) is 2.34.